The number of morpholine rings is 1. The van der Waals surface area contributed by atoms with Gasteiger partial charge in [0, 0.05) is 19.0 Å². The lowest BCUT2D eigenvalue weighted by atomic mass is 9.74. The number of fused-ring (bicyclic) bond motifs is 1. The van der Waals surface area contributed by atoms with Crippen molar-refractivity contribution in [1.29, 1.82) is 0 Å². The van der Waals surface area contributed by atoms with Gasteiger partial charge >= 0.3 is 0 Å². The standard InChI is InChI=1S/C26H40N2O3/c1-19-17-25(31-16-13-27-11-14-30-15-12-27)21(3)24-18-22(7-8-23(19)24)20(2)26(29)28-9-5-4-6-10-28/h17,20,22H,4-16,18H2,1-3H3/p+1/t20-,22+/m0/s1. The molecule has 0 radical (unpaired) electrons. The van der Waals surface area contributed by atoms with Crippen LogP contribution in [0.25, 0.3) is 0 Å². The highest BCUT2D eigenvalue weighted by molar-refractivity contribution is 5.79. The van der Waals surface area contributed by atoms with Crippen LogP contribution in [0.2, 0.25) is 0 Å². The Bertz CT molecular complexity index is 766. The second-order valence-electron chi connectivity index (χ2n) is 9.91. The molecular weight excluding hydrogens is 388 g/mol. The van der Waals surface area contributed by atoms with E-state index >= 15 is 0 Å². The van der Waals surface area contributed by atoms with Crippen LogP contribution in [0.15, 0.2) is 6.07 Å². The number of nitrogens with zero attached hydrogens (tertiary/aromatic N) is 1. The molecule has 5 nitrogen and oxygen atoms in total. The summed E-state index contributed by atoms with van der Waals surface area (Å²) >= 11 is 0. The van der Waals surface area contributed by atoms with Crippen LogP contribution in [0.4, 0.5) is 0 Å². The molecule has 2 aliphatic heterocycles. The number of aryl methyl sites for hydroxylation is 1. The van der Waals surface area contributed by atoms with E-state index in [0.29, 0.717) is 11.8 Å². The summed E-state index contributed by atoms with van der Waals surface area (Å²) in [5.74, 6) is 1.97. The Balaban J connectivity index is 1.41. The predicted molar refractivity (Wildman–Crippen MR) is 123 cm³/mol. The van der Waals surface area contributed by atoms with Gasteiger partial charge in [-0.25, -0.2) is 0 Å². The number of benzene rings is 1. The summed E-state index contributed by atoms with van der Waals surface area (Å²) in [7, 11) is 0. The van der Waals surface area contributed by atoms with Crippen LogP contribution in [0.3, 0.4) is 0 Å². The molecule has 172 valence electrons. The Hall–Kier alpha value is -1.59. The first-order valence-electron chi connectivity index (χ1n) is 12.5. The van der Waals surface area contributed by atoms with Crippen LogP contribution in [0.1, 0.15) is 54.9 Å². The lowest BCUT2D eigenvalue weighted by molar-refractivity contribution is -0.908. The number of carbonyl (C=O) groups is 1. The summed E-state index contributed by atoms with van der Waals surface area (Å²) in [5.41, 5.74) is 5.59. The summed E-state index contributed by atoms with van der Waals surface area (Å²) in [5, 5.41) is 0. The highest BCUT2D eigenvalue weighted by Gasteiger charge is 2.32. The first-order valence-corrected chi connectivity index (χ1v) is 12.5. The Labute approximate surface area is 188 Å². The van der Waals surface area contributed by atoms with Crippen molar-refractivity contribution in [3.8, 4) is 5.75 Å². The molecule has 1 aliphatic carbocycles. The largest absolute Gasteiger partial charge is 0.487 e. The summed E-state index contributed by atoms with van der Waals surface area (Å²) < 4.78 is 11.7. The molecule has 5 heteroatoms. The van der Waals surface area contributed by atoms with Gasteiger partial charge in [0.15, 0.2) is 0 Å². The van der Waals surface area contributed by atoms with E-state index in [1.54, 1.807) is 4.90 Å². The Morgan fingerprint density at radius 3 is 2.68 bits per heavy atom. The van der Waals surface area contributed by atoms with Crippen LogP contribution in [-0.4, -0.2) is 63.4 Å². The molecule has 0 spiro atoms. The maximum absolute atomic E-state index is 13.1. The third kappa shape index (κ3) is 5.25. The van der Waals surface area contributed by atoms with Gasteiger partial charge in [0.05, 0.1) is 13.2 Å². The second-order valence-corrected chi connectivity index (χ2v) is 9.91. The normalized spacial score (nSPS) is 23.3. The number of nitrogens with one attached hydrogen (secondary N) is 1. The van der Waals surface area contributed by atoms with Crippen molar-refractivity contribution in [2.24, 2.45) is 11.8 Å². The number of hydrogen-bond acceptors (Lipinski definition) is 3. The molecule has 2 atom stereocenters. The van der Waals surface area contributed by atoms with Crippen molar-refractivity contribution < 1.29 is 19.2 Å². The average Bonchev–Trinajstić information content (AvgIpc) is 2.82. The quantitative estimate of drug-likeness (QED) is 0.755. The van der Waals surface area contributed by atoms with Gasteiger partial charge in [0.2, 0.25) is 5.91 Å². The topological polar surface area (TPSA) is 43.2 Å². The number of likely N-dealkylation sites (tertiary alicyclic amines) is 1. The Morgan fingerprint density at radius 2 is 1.94 bits per heavy atom. The van der Waals surface area contributed by atoms with Crippen LogP contribution in [-0.2, 0) is 22.4 Å². The van der Waals surface area contributed by atoms with Crippen LogP contribution >= 0.6 is 0 Å². The van der Waals surface area contributed by atoms with Gasteiger partial charge in [0.25, 0.3) is 0 Å². The summed E-state index contributed by atoms with van der Waals surface area (Å²) in [6.07, 6.45) is 6.81. The van der Waals surface area contributed by atoms with E-state index in [2.05, 4.69) is 31.7 Å². The summed E-state index contributed by atoms with van der Waals surface area (Å²) in [6.45, 7) is 14.2. The van der Waals surface area contributed by atoms with Crippen molar-refractivity contribution in [1.82, 2.24) is 4.90 Å². The molecule has 1 aromatic rings. The molecule has 2 fully saturated rings. The van der Waals surface area contributed by atoms with E-state index in [0.717, 1.165) is 90.4 Å². The first-order chi connectivity index (χ1) is 15.0. The van der Waals surface area contributed by atoms with Crippen molar-refractivity contribution >= 4 is 5.91 Å². The van der Waals surface area contributed by atoms with Gasteiger partial charge in [0.1, 0.15) is 32.0 Å². The molecule has 0 saturated carbocycles. The van der Waals surface area contributed by atoms with Crippen molar-refractivity contribution in [2.45, 2.75) is 59.3 Å². The minimum Gasteiger partial charge on any atom is -0.487 e. The molecule has 0 aromatic heterocycles. The zero-order valence-electron chi connectivity index (χ0n) is 19.8. The molecule has 4 rings (SSSR count). The fraction of sp³-hybridized carbons (Fsp3) is 0.731. The number of piperidine rings is 1. The molecule has 1 amide bonds. The fourth-order valence-corrected chi connectivity index (χ4v) is 5.72. The van der Waals surface area contributed by atoms with E-state index in [-0.39, 0.29) is 5.92 Å². The van der Waals surface area contributed by atoms with Crippen molar-refractivity contribution in [3.63, 3.8) is 0 Å². The molecule has 0 unspecified atom stereocenters. The third-order valence-electron chi connectivity index (χ3n) is 7.92. The monoisotopic (exact) mass is 429 g/mol. The lowest BCUT2D eigenvalue weighted by Gasteiger charge is -2.35. The molecule has 2 heterocycles. The Kier molecular flexibility index (Phi) is 7.55. The maximum Gasteiger partial charge on any atom is 0.225 e. The number of amides is 1. The second kappa shape index (κ2) is 10.4. The van der Waals surface area contributed by atoms with Crippen LogP contribution < -0.4 is 9.64 Å². The van der Waals surface area contributed by atoms with Crippen molar-refractivity contribution in [3.05, 3.63) is 28.3 Å². The third-order valence-corrected chi connectivity index (χ3v) is 7.92. The number of hydrogen-bond donors (Lipinski definition) is 1. The van der Waals surface area contributed by atoms with Gasteiger partial charge in [-0.05, 0) is 86.6 Å². The molecular formula is C26H41N2O3+. The minimum atomic E-state index is 0.112. The van der Waals surface area contributed by atoms with E-state index < -0.39 is 0 Å². The van der Waals surface area contributed by atoms with E-state index in [1.807, 2.05) is 0 Å². The smallest absolute Gasteiger partial charge is 0.225 e. The fourth-order valence-electron chi connectivity index (χ4n) is 5.72. The molecule has 2 saturated heterocycles. The SMILES string of the molecule is Cc1cc(OCC[NH+]2CCOCC2)c(C)c2c1CC[C@@H]([C@H](C)C(=O)N1CCCCC1)C2. The van der Waals surface area contributed by atoms with Crippen LogP contribution in [0.5, 0.6) is 5.75 Å². The van der Waals surface area contributed by atoms with Gasteiger partial charge in [-0.1, -0.05) is 6.92 Å². The minimum absolute atomic E-state index is 0.112. The van der Waals surface area contributed by atoms with Gasteiger partial charge in [-0.15, -0.1) is 0 Å². The molecule has 1 N–H and O–H groups in total. The molecule has 1 aromatic carbocycles. The van der Waals surface area contributed by atoms with Gasteiger partial charge < -0.3 is 19.3 Å². The van der Waals surface area contributed by atoms with Crippen molar-refractivity contribution in [2.75, 3.05) is 52.5 Å². The predicted octanol–water partition coefficient (Wildman–Crippen LogP) is 2.35. The van der Waals surface area contributed by atoms with E-state index in [9.17, 15) is 4.79 Å². The zero-order chi connectivity index (χ0) is 21.8. The average molecular weight is 430 g/mol. The molecule has 3 aliphatic rings. The number of ether oxygens (including phenoxy) is 2. The highest BCUT2D eigenvalue weighted by atomic mass is 16.5. The molecule has 31 heavy (non-hydrogen) atoms. The van der Waals surface area contributed by atoms with Gasteiger partial charge in [-0.2, -0.15) is 0 Å². The highest BCUT2D eigenvalue weighted by Crippen LogP contribution is 2.38. The van der Waals surface area contributed by atoms with E-state index in [1.165, 1.54) is 28.7 Å². The number of rotatable bonds is 6. The zero-order valence-corrected chi connectivity index (χ0v) is 19.8. The molecule has 0 bridgehead atoms. The van der Waals surface area contributed by atoms with E-state index in [4.69, 9.17) is 9.47 Å². The summed E-state index contributed by atoms with van der Waals surface area (Å²) in [6, 6.07) is 2.24. The van der Waals surface area contributed by atoms with Gasteiger partial charge in [-0.3, -0.25) is 4.79 Å². The lowest BCUT2D eigenvalue weighted by Crippen LogP contribution is -3.14. The Morgan fingerprint density at radius 1 is 1.19 bits per heavy atom. The number of carbonyl (C=O) groups excluding carboxylic acids is 1. The maximum atomic E-state index is 13.1. The van der Waals surface area contributed by atoms with Crippen LogP contribution in [0, 0.1) is 25.7 Å². The summed E-state index contributed by atoms with van der Waals surface area (Å²) in [4.78, 5) is 16.8. The first kappa shape index (κ1) is 22.6. The number of quaternary nitrogens is 1.